The van der Waals surface area contributed by atoms with Crippen LogP contribution in [0, 0.1) is 0 Å². The van der Waals surface area contributed by atoms with Gasteiger partial charge in [0.05, 0.1) is 17.1 Å². The molecule has 2 N–H and O–H groups in total. The van der Waals surface area contributed by atoms with Crippen LogP contribution < -0.4 is 5.32 Å². The van der Waals surface area contributed by atoms with Gasteiger partial charge in [0.1, 0.15) is 5.82 Å². The van der Waals surface area contributed by atoms with E-state index in [4.69, 9.17) is 0 Å². The average molecular weight is 314 g/mol. The van der Waals surface area contributed by atoms with Crippen LogP contribution in [0.2, 0.25) is 0 Å². The molecule has 1 fully saturated rings. The van der Waals surface area contributed by atoms with E-state index in [0.29, 0.717) is 6.42 Å². The van der Waals surface area contributed by atoms with E-state index in [0.717, 1.165) is 36.5 Å². The summed E-state index contributed by atoms with van der Waals surface area (Å²) in [5, 5.41) is 3.05. The number of amides is 1. The summed E-state index contributed by atoms with van der Waals surface area (Å²) < 4.78 is 0. The maximum Gasteiger partial charge on any atom is 0.221 e. The molecule has 0 saturated carbocycles. The number of hydrogen-bond acceptors (Lipinski definition) is 3. The van der Waals surface area contributed by atoms with Crippen LogP contribution >= 0.6 is 0 Å². The summed E-state index contributed by atoms with van der Waals surface area (Å²) in [7, 11) is 0. The van der Waals surface area contributed by atoms with Gasteiger partial charge in [-0.25, -0.2) is 4.98 Å². The number of nitrogens with one attached hydrogen (secondary N) is 2. The predicted octanol–water partition coefficient (Wildman–Crippen LogP) is 3.01. The van der Waals surface area contributed by atoms with Crippen LogP contribution in [0.15, 0.2) is 24.3 Å². The van der Waals surface area contributed by atoms with Gasteiger partial charge in [-0.15, -0.1) is 0 Å². The first kappa shape index (κ1) is 16.0. The molecule has 0 aliphatic carbocycles. The number of likely N-dealkylation sites (tertiary alicyclic amines) is 1. The van der Waals surface area contributed by atoms with E-state index >= 15 is 0 Å². The maximum atomic E-state index is 12.2. The molecule has 23 heavy (non-hydrogen) atoms. The molecule has 0 radical (unpaired) electrons. The number of H-pyrrole nitrogens is 1. The highest BCUT2D eigenvalue weighted by Crippen LogP contribution is 2.15. The minimum Gasteiger partial charge on any atom is -0.346 e. The highest BCUT2D eigenvalue weighted by molar-refractivity contribution is 5.77. The van der Waals surface area contributed by atoms with Crippen LogP contribution in [-0.4, -0.2) is 40.4 Å². The van der Waals surface area contributed by atoms with Crippen LogP contribution in [0.25, 0.3) is 11.0 Å². The van der Waals surface area contributed by atoms with Crippen LogP contribution in [0.3, 0.4) is 0 Å². The monoisotopic (exact) mass is 314 g/mol. The Hall–Kier alpha value is -1.88. The first-order valence-electron chi connectivity index (χ1n) is 8.69. The van der Waals surface area contributed by atoms with Crippen molar-refractivity contribution in [2.75, 3.05) is 19.6 Å². The number of aromatic nitrogens is 2. The number of hydrogen-bond donors (Lipinski definition) is 2. The standard InChI is InChI=1S/C18H26N4O/c1-14(18-20-15-8-4-5-9-16(15)21-18)19-17(23)10-13-22-11-6-2-3-7-12-22/h4-5,8-9,14H,2-3,6-7,10-13H2,1H3,(H,19,23)(H,20,21)/t14-/m1/s1. The molecule has 3 rings (SSSR count). The van der Waals surface area contributed by atoms with Gasteiger partial charge in [0.2, 0.25) is 5.91 Å². The van der Waals surface area contributed by atoms with E-state index in [9.17, 15) is 4.79 Å². The Morgan fingerprint density at radius 1 is 1.26 bits per heavy atom. The van der Waals surface area contributed by atoms with Crippen molar-refractivity contribution >= 4 is 16.9 Å². The molecule has 2 aromatic rings. The van der Waals surface area contributed by atoms with Crippen molar-refractivity contribution in [2.45, 2.75) is 45.1 Å². The molecular weight excluding hydrogens is 288 g/mol. The van der Waals surface area contributed by atoms with Gasteiger partial charge in [-0.1, -0.05) is 25.0 Å². The zero-order valence-corrected chi connectivity index (χ0v) is 13.8. The Balaban J connectivity index is 1.50. The minimum absolute atomic E-state index is 0.0981. The number of nitrogens with zero attached hydrogens (tertiary/aromatic N) is 2. The maximum absolute atomic E-state index is 12.2. The molecule has 1 atom stereocenters. The summed E-state index contributed by atoms with van der Waals surface area (Å²) >= 11 is 0. The molecule has 1 aromatic heterocycles. The fraction of sp³-hybridized carbons (Fsp3) is 0.556. The van der Waals surface area contributed by atoms with Crippen molar-refractivity contribution in [1.82, 2.24) is 20.2 Å². The quantitative estimate of drug-likeness (QED) is 0.892. The minimum atomic E-state index is -0.0981. The first-order valence-corrected chi connectivity index (χ1v) is 8.69. The second kappa shape index (κ2) is 7.59. The number of rotatable bonds is 5. The highest BCUT2D eigenvalue weighted by atomic mass is 16.1. The Labute approximate surface area is 137 Å². The van der Waals surface area contributed by atoms with Gasteiger partial charge in [0, 0.05) is 13.0 Å². The Morgan fingerprint density at radius 2 is 2.00 bits per heavy atom. The molecule has 1 aliphatic heterocycles. The SMILES string of the molecule is C[C@@H](NC(=O)CCN1CCCCCC1)c1nc2ccccc2[nH]1. The fourth-order valence-corrected chi connectivity index (χ4v) is 3.18. The number of fused-ring (bicyclic) bond motifs is 1. The molecule has 0 spiro atoms. The van der Waals surface area contributed by atoms with Gasteiger partial charge < -0.3 is 15.2 Å². The molecule has 2 heterocycles. The zero-order valence-electron chi connectivity index (χ0n) is 13.8. The van der Waals surface area contributed by atoms with Crippen molar-refractivity contribution in [3.8, 4) is 0 Å². The number of imidazole rings is 1. The largest absolute Gasteiger partial charge is 0.346 e. The van der Waals surface area contributed by atoms with Crippen LogP contribution in [0.1, 0.15) is 50.9 Å². The lowest BCUT2D eigenvalue weighted by Gasteiger charge is -2.19. The summed E-state index contributed by atoms with van der Waals surface area (Å²) in [6, 6.07) is 7.83. The second-order valence-electron chi connectivity index (χ2n) is 6.43. The number of aromatic amines is 1. The second-order valence-corrected chi connectivity index (χ2v) is 6.43. The molecule has 0 bridgehead atoms. The number of carbonyl (C=O) groups excluding carboxylic acids is 1. The number of carbonyl (C=O) groups is 1. The van der Waals surface area contributed by atoms with E-state index in [1.807, 2.05) is 31.2 Å². The Morgan fingerprint density at radius 3 is 2.74 bits per heavy atom. The zero-order chi connectivity index (χ0) is 16.1. The van der Waals surface area contributed by atoms with Crippen molar-refractivity contribution < 1.29 is 4.79 Å². The lowest BCUT2D eigenvalue weighted by Crippen LogP contribution is -2.33. The van der Waals surface area contributed by atoms with Gasteiger partial charge in [-0.2, -0.15) is 0 Å². The topological polar surface area (TPSA) is 61.0 Å². The van der Waals surface area contributed by atoms with E-state index in [2.05, 4.69) is 20.2 Å². The third-order valence-corrected chi connectivity index (χ3v) is 4.55. The fourth-order valence-electron chi connectivity index (χ4n) is 3.18. The Bertz CT molecular complexity index is 610. The van der Waals surface area contributed by atoms with E-state index in [-0.39, 0.29) is 11.9 Å². The van der Waals surface area contributed by atoms with Crippen LogP contribution in [0.5, 0.6) is 0 Å². The third-order valence-electron chi connectivity index (χ3n) is 4.55. The molecule has 124 valence electrons. The van der Waals surface area contributed by atoms with E-state index < -0.39 is 0 Å². The van der Waals surface area contributed by atoms with Crippen molar-refractivity contribution in [1.29, 1.82) is 0 Å². The molecule has 1 aliphatic rings. The van der Waals surface area contributed by atoms with E-state index in [1.54, 1.807) is 0 Å². The summed E-state index contributed by atoms with van der Waals surface area (Å²) in [5.74, 6) is 0.913. The van der Waals surface area contributed by atoms with Crippen molar-refractivity contribution in [3.05, 3.63) is 30.1 Å². The van der Waals surface area contributed by atoms with Gasteiger partial charge >= 0.3 is 0 Å². The van der Waals surface area contributed by atoms with Gasteiger partial charge in [-0.05, 0) is 45.0 Å². The molecule has 5 nitrogen and oxygen atoms in total. The molecular formula is C18H26N4O. The number of para-hydroxylation sites is 2. The van der Waals surface area contributed by atoms with Gasteiger partial charge in [0.15, 0.2) is 0 Å². The summed E-state index contributed by atoms with van der Waals surface area (Å²) in [4.78, 5) is 22.4. The number of benzene rings is 1. The summed E-state index contributed by atoms with van der Waals surface area (Å²) in [6.07, 6.45) is 5.73. The molecule has 1 aromatic carbocycles. The molecule has 5 heteroatoms. The smallest absolute Gasteiger partial charge is 0.221 e. The molecule has 1 amide bonds. The lowest BCUT2D eigenvalue weighted by molar-refractivity contribution is -0.122. The van der Waals surface area contributed by atoms with Gasteiger partial charge in [-0.3, -0.25) is 4.79 Å². The highest BCUT2D eigenvalue weighted by Gasteiger charge is 2.15. The lowest BCUT2D eigenvalue weighted by atomic mass is 10.2. The third kappa shape index (κ3) is 4.32. The van der Waals surface area contributed by atoms with Crippen molar-refractivity contribution in [2.24, 2.45) is 0 Å². The summed E-state index contributed by atoms with van der Waals surface area (Å²) in [6.45, 7) is 5.10. The summed E-state index contributed by atoms with van der Waals surface area (Å²) in [5.41, 5.74) is 1.95. The van der Waals surface area contributed by atoms with Crippen molar-refractivity contribution in [3.63, 3.8) is 0 Å². The predicted molar refractivity (Wildman–Crippen MR) is 92.2 cm³/mol. The van der Waals surface area contributed by atoms with Crippen LogP contribution in [-0.2, 0) is 4.79 Å². The first-order chi connectivity index (χ1) is 11.2. The average Bonchev–Trinajstić information content (AvgIpc) is 2.82. The van der Waals surface area contributed by atoms with Gasteiger partial charge in [0.25, 0.3) is 0 Å². The van der Waals surface area contributed by atoms with E-state index in [1.165, 1.54) is 25.7 Å². The molecule has 0 unspecified atom stereocenters. The Kier molecular flexibility index (Phi) is 5.28. The normalized spacial score (nSPS) is 17.8. The molecule has 1 saturated heterocycles. The van der Waals surface area contributed by atoms with Crippen LogP contribution in [0.4, 0.5) is 0 Å².